The van der Waals surface area contributed by atoms with Gasteiger partial charge in [0.15, 0.2) is 0 Å². The van der Waals surface area contributed by atoms with Gasteiger partial charge in [-0.2, -0.15) is 0 Å². The number of carbonyl (C=O) groups excluding carboxylic acids is 1. The van der Waals surface area contributed by atoms with E-state index in [1.807, 2.05) is 0 Å². The van der Waals surface area contributed by atoms with E-state index in [0.717, 1.165) is 6.26 Å². The molecule has 0 atom stereocenters. The van der Waals surface area contributed by atoms with Gasteiger partial charge in [-0.05, 0) is 27.2 Å². The summed E-state index contributed by atoms with van der Waals surface area (Å²) in [6.07, 6.45) is 1.48. The van der Waals surface area contributed by atoms with E-state index >= 15 is 0 Å². The van der Waals surface area contributed by atoms with E-state index < -0.39 is 27.6 Å². The van der Waals surface area contributed by atoms with E-state index in [1.165, 1.54) is 18.7 Å². The van der Waals surface area contributed by atoms with Crippen LogP contribution in [0.25, 0.3) is 0 Å². The second kappa shape index (κ2) is 7.44. The molecule has 0 saturated heterocycles. The lowest BCUT2D eigenvalue weighted by Gasteiger charge is -2.34. The van der Waals surface area contributed by atoms with Gasteiger partial charge in [-0.3, -0.25) is 0 Å². The second-order valence-corrected chi connectivity index (χ2v) is 6.69. The van der Waals surface area contributed by atoms with Crippen LogP contribution in [0.4, 0.5) is 4.79 Å². The zero-order chi connectivity index (χ0) is 16.0. The highest BCUT2D eigenvalue weighted by Gasteiger charge is 2.36. The Kier molecular flexibility index (Phi) is 6.94. The molecular formula is C11H23N3O5S. The minimum Gasteiger partial charge on any atom is -0.480 e. The number of hydrogen-bond acceptors (Lipinski definition) is 4. The number of aliphatic carboxylic acids is 1. The lowest BCUT2D eigenvalue weighted by molar-refractivity contribution is -0.147. The van der Waals surface area contributed by atoms with Crippen LogP contribution in [0.5, 0.6) is 0 Å². The molecule has 0 spiro atoms. The summed E-state index contributed by atoms with van der Waals surface area (Å²) in [5.41, 5.74) is -1.30. The maximum Gasteiger partial charge on any atom is 0.329 e. The molecule has 0 heterocycles. The predicted molar refractivity (Wildman–Crippen MR) is 75.0 cm³/mol. The maximum absolute atomic E-state index is 11.9. The first-order chi connectivity index (χ1) is 9.02. The summed E-state index contributed by atoms with van der Waals surface area (Å²) in [6, 6.07) is -0.487. The molecule has 20 heavy (non-hydrogen) atoms. The molecule has 0 fully saturated rings. The summed E-state index contributed by atoms with van der Waals surface area (Å²) in [7, 11) is -3.23. The van der Waals surface area contributed by atoms with E-state index in [9.17, 15) is 18.0 Å². The number of likely N-dealkylation sites (N-methyl/N-ethyl adjacent to an activating group) is 1. The highest BCUT2D eigenvalue weighted by atomic mass is 32.2. The molecule has 0 aromatic carbocycles. The Morgan fingerprint density at radius 1 is 1.25 bits per heavy atom. The molecular weight excluding hydrogens is 286 g/mol. The summed E-state index contributed by atoms with van der Waals surface area (Å²) in [6.45, 7) is 5.32. The average molecular weight is 309 g/mol. The molecule has 2 amide bonds. The van der Waals surface area contributed by atoms with Crippen LogP contribution in [0.15, 0.2) is 0 Å². The van der Waals surface area contributed by atoms with Crippen LogP contribution in [-0.4, -0.2) is 61.9 Å². The highest BCUT2D eigenvalue weighted by molar-refractivity contribution is 7.88. The van der Waals surface area contributed by atoms with E-state index in [0.29, 0.717) is 6.42 Å². The van der Waals surface area contributed by atoms with Gasteiger partial charge in [0.2, 0.25) is 10.0 Å². The molecule has 118 valence electrons. The van der Waals surface area contributed by atoms with Crippen LogP contribution in [0.2, 0.25) is 0 Å². The number of nitrogens with one attached hydrogen (secondary N) is 2. The largest absolute Gasteiger partial charge is 0.480 e. The molecule has 0 bridgehead atoms. The number of rotatable bonds is 8. The SMILES string of the molecule is CCN(C(=O)NCCCNS(C)(=O)=O)C(C)(C)C(=O)O. The van der Waals surface area contributed by atoms with Gasteiger partial charge < -0.3 is 15.3 Å². The van der Waals surface area contributed by atoms with Crippen molar-refractivity contribution < 1.29 is 23.1 Å². The zero-order valence-electron chi connectivity index (χ0n) is 12.3. The topological polar surface area (TPSA) is 116 Å². The molecule has 8 nitrogen and oxygen atoms in total. The summed E-state index contributed by atoms with van der Waals surface area (Å²) in [5.74, 6) is -1.09. The minimum absolute atomic E-state index is 0.216. The normalized spacial score (nSPS) is 12.0. The first-order valence-electron chi connectivity index (χ1n) is 6.26. The molecule has 0 aliphatic carbocycles. The Bertz CT molecular complexity index is 447. The van der Waals surface area contributed by atoms with Gasteiger partial charge in [-0.1, -0.05) is 0 Å². The smallest absolute Gasteiger partial charge is 0.329 e. The summed E-state index contributed by atoms with van der Waals surface area (Å²) in [4.78, 5) is 24.2. The molecule has 0 radical (unpaired) electrons. The van der Waals surface area contributed by atoms with E-state index in [1.54, 1.807) is 6.92 Å². The van der Waals surface area contributed by atoms with Gasteiger partial charge in [0.1, 0.15) is 5.54 Å². The molecule has 3 N–H and O–H groups in total. The first kappa shape index (κ1) is 18.7. The van der Waals surface area contributed by atoms with Crippen molar-refractivity contribution in [2.24, 2.45) is 0 Å². The highest BCUT2D eigenvalue weighted by Crippen LogP contribution is 2.14. The van der Waals surface area contributed by atoms with Gasteiger partial charge in [-0.25, -0.2) is 22.7 Å². The number of hydrogen-bond donors (Lipinski definition) is 3. The Labute approximate surface area is 119 Å². The third-order valence-corrected chi connectivity index (χ3v) is 3.48. The van der Waals surface area contributed by atoms with Crippen LogP contribution < -0.4 is 10.0 Å². The standard InChI is InChI=1S/C11H23N3O5S/c1-5-14(11(2,3)9(15)16)10(17)12-7-6-8-13-20(4,18)19/h13H,5-8H2,1-4H3,(H,12,17)(H,15,16). The molecule has 9 heteroatoms. The molecule has 0 aliphatic heterocycles. The Morgan fingerprint density at radius 3 is 2.20 bits per heavy atom. The molecule has 0 saturated carbocycles. The van der Waals surface area contributed by atoms with Crippen molar-refractivity contribution in [3.63, 3.8) is 0 Å². The number of carbonyl (C=O) groups is 2. The van der Waals surface area contributed by atoms with Crippen LogP contribution in [0.1, 0.15) is 27.2 Å². The Hall–Kier alpha value is -1.35. The van der Waals surface area contributed by atoms with E-state index in [2.05, 4.69) is 10.0 Å². The monoisotopic (exact) mass is 309 g/mol. The van der Waals surface area contributed by atoms with Crippen molar-refractivity contribution in [1.82, 2.24) is 14.9 Å². The second-order valence-electron chi connectivity index (χ2n) is 4.86. The third kappa shape index (κ3) is 6.20. The lowest BCUT2D eigenvalue weighted by Crippen LogP contribution is -2.56. The third-order valence-electron chi connectivity index (χ3n) is 2.75. The van der Waals surface area contributed by atoms with Crippen LogP contribution in [0, 0.1) is 0 Å². The number of amides is 2. The van der Waals surface area contributed by atoms with Crippen LogP contribution >= 0.6 is 0 Å². The summed E-state index contributed by atoms with van der Waals surface area (Å²) >= 11 is 0. The molecule has 0 aliphatic rings. The summed E-state index contributed by atoms with van der Waals surface area (Å²) < 4.78 is 23.9. The number of carboxylic acid groups (broad SMARTS) is 1. The summed E-state index contributed by atoms with van der Waals surface area (Å²) in [5, 5.41) is 11.7. The number of sulfonamides is 1. The number of urea groups is 1. The van der Waals surface area contributed by atoms with Crippen molar-refractivity contribution in [1.29, 1.82) is 0 Å². The average Bonchev–Trinajstić information content (AvgIpc) is 2.27. The maximum atomic E-state index is 11.9. The Morgan fingerprint density at radius 2 is 1.80 bits per heavy atom. The minimum atomic E-state index is -3.23. The first-order valence-corrected chi connectivity index (χ1v) is 8.15. The van der Waals surface area contributed by atoms with Crippen molar-refractivity contribution in [3.8, 4) is 0 Å². The van der Waals surface area contributed by atoms with Crippen molar-refractivity contribution in [3.05, 3.63) is 0 Å². The molecule has 0 aromatic heterocycles. The van der Waals surface area contributed by atoms with E-state index in [-0.39, 0.29) is 19.6 Å². The fourth-order valence-electron chi connectivity index (χ4n) is 1.54. The van der Waals surface area contributed by atoms with Gasteiger partial charge in [0, 0.05) is 19.6 Å². The molecule has 0 rings (SSSR count). The lowest BCUT2D eigenvalue weighted by atomic mass is 10.0. The number of carboxylic acids is 1. The van der Waals surface area contributed by atoms with Gasteiger partial charge >= 0.3 is 12.0 Å². The fourth-order valence-corrected chi connectivity index (χ4v) is 2.06. The molecule has 0 unspecified atom stereocenters. The van der Waals surface area contributed by atoms with Crippen LogP contribution in [0.3, 0.4) is 0 Å². The van der Waals surface area contributed by atoms with E-state index in [4.69, 9.17) is 5.11 Å². The van der Waals surface area contributed by atoms with Crippen molar-refractivity contribution >= 4 is 22.0 Å². The van der Waals surface area contributed by atoms with Crippen LogP contribution in [-0.2, 0) is 14.8 Å². The van der Waals surface area contributed by atoms with Gasteiger partial charge in [0.05, 0.1) is 6.26 Å². The predicted octanol–water partition coefficient (Wildman–Crippen LogP) is -0.180. The Balaban J connectivity index is 4.29. The van der Waals surface area contributed by atoms with Gasteiger partial charge in [-0.15, -0.1) is 0 Å². The molecule has 0 aromatic rings. The quantitative estimate of drug-likeness (QED) is 0.538. The van der Waals surface area contributed by atoms with Crippen molar-refractivity contribution in [2.45, 2.75) is 32.7 Å². The number of nitrogens with zero attached hydrogens (tertiary/aromatic N) is 1. The van der Waals surface area contributed by atoms with Crippen molar-refractivity contribution in [2.75, 3.05) is 25.9 Å². The fraction of sp³-hybridized carbons (Fsp3) is 0.818. The van der Waals surface area contributed by atoms with Gasteiger partial charge in [0.25, 0.3) is 0 Å². The zero-order valence-corrected chi connectivity index (χ0v) is 13.1.